The summed E-state index contributed by atoms with van der Waals surface area (Å²) in [4.78, 5) is 0. The van der Waals surface area contributed by atoms with Crippen molar-refractivity contribution in [2.45, 2.75) is 32.7 Å². The minimum absolute atomic E-state index is 0.347. The van der Waals surface area contributed by atoms with E-state index in [2.05, 4.69) is 4.72 Å². The average molecular weight is 161 g/mol. The fourth-order valence-corrected chi connectivity index (χ4v) is 2.19. The van der Waals surface area contributed by atoms with Crippen LogP contribution < -0.4 is 4.72 Å². The summed E-state index contributed by atoms with van der Waals surface area (Å²) in [5.41, 5.74) is 0. The molecule has 1 fully saturated rings. The van der Waals surface area contributed by atoms with E-state index in [9.17, 15) is 4.55 Å². The van der Waals surface area contributed by atoms with Crippen LogP contribution in [0.5, 0.6) is 0 Å². The number of hydrogen-bond acceptors (Lipinski definition) is 2. The fraction of sp³-hybridized carbons (Fsp3) is 1.00. The Labute approximate surface area is 65.7 Å². The smallest absolute Gasteiger partial charge is 0.128 e. The Morgan fingerprint density at radius 1 is 1.60 bits per heavy atom. The zero-order valence-corrected chi connectivity index (χ0v) is 7.41. The number of hydrogen-bond donors (Lipinski definition) is 1. The third-order valence-electron chi connectivity index (χ3n) is 1.45. The van der Waals surface area contributed by atoms with Gasteiger partial charge in [0.1, 0.15) is 5.75 Å². The van der Waals surface area contributed by atoms with E-state index < -0.39 is 11.4 Å². The van der Waals surface area contributed by atoms with Crippen LogP contribution in [0.1, 0.15) is 26.7 Å². The van der Waals surface area contributed by atoms with Crippen molar-refractivity contribution in [2.24, 2.45) is 5.92 Å². The SMILES string of the molecule is CC(C)N[S+]([O-])CC1CC1. The molecule has 10 heavy (non-hydrogen) atoms. The summed E-state index contributed by atoms with van der Waals surface area (Å²) in [6.07, 6.45) is 2.57. The molecule has 0 heterocycles. The molecule has 60 valence electrons. The molecule has 0 saturated heterocycles. The molecule has 2 nitrogen and oxygen atoms in total. The Morgan fingerprint density at radius 3 is 2.60 bits per heavy atom. The molecule has 3 heteroatoms. The first-order valence-electron chi connectivity index (χ1n) is 3.83. The van der Waals surface area contributed by atoms with E-state index in [-0.39, 0.29) is 0 Å². The van der Waals surface area contributed by atoms with Crippen LogP contribution in [-0.4, -0.2) is 16.3 Å². The van der Waals surface area contributed by atoms with Gasteiger partial charge in [0.25, 0.3) is 0 Å². The minimum atomic E-state index is -0.768. The third-order valence-corrected chi connectivity index (χ3v) is 2.96. The molecule has 0 bridgehead atoms. The molecule has 1 aliphatic carbocycles. The van der Waals surface area contributed by atoms with Crippen LogP contribution in [0.2, 0.25) is 0 Å². The molecule has 1 saturated carbocycles. The molecule has 0 amide bonds. The van der Waals surface area contributed by atoms with Crippen LogP contribution in [0.4, 0.5) is 0 Å². The van der Waals surface area contributed by atoms with Gasteiger partial charge >= 0.3 is 0 Å². The second-order valence-corrected chi connectivity index (χ2v) is 4.49. The Morgan fingerprint density at radius 2 is 2.20 bits per heavy atom. The van der Waals surface area contributed by atoms with E-state index in [0.29, 0.717) is 6.04 Å². The number of nitrogens with one attached hydrogen (secondary N) is 1. The van der Waals surface area contributed by atoms with Crippen molar-refractivity contribution >= 4 is 11.4 Å². The van der Waals surface area contributed by atoms with Crippen molar-refractivity contribution in [1.82, 2.24) is 4.72 Å². The lowest BCUT2D eigenvalue weighted by atomic mass is 10.4. The Balaban J connectivity index is 2.02. The summed E-state index contributed by atoms with van der Waals surface area (Å²) >= 11 is -0.768. The standard InChI is InChI=1S/C7H15NOS/c1-6(2)8-10(9)5-7-3-4-7/h6-8H,3-5H2,1-2H3. The average Bonchev–Trinajstić information content (AvgIpc) is 2.46. The van der Waals surface area contributed by atoms with Gasteiger partial charge in [-0.3, -0.25) is 0 Å². The zero-order chi connectivity index (χ0) is 7.56. The van der Waals surface area contributed by atoms with Crippen LogP contribution >= 0.6 is 0 Å². The van der Waals surface area contributed by atoms with Crippen molar-refractivity contribution < 1.29 is 4.55 Å². The molecule has 1 unspecified atom stereocenters. The molecular weight excluding hydrogens is 146 g/mol. The Hall–Kier alpha value is 0.270. The minimum Gasteiger partial charge on any atom is -0.598 e. The monoisotopic (exact) mass is 161 g/mol. The van der Waals surface area contributed by atoms with Crippen molar-refractivity contribution in [3.8, 4) is 0 Å². The van der Waals surface area contributed by atoms with E-state index in [1.54, 1.807) is 0 Å². The first-order chi connectivity index (χ1) is 4.68. The maximum Gasteiger partial charge on any atom is 0.128 e. The van der Waals surface area contributed by atoms with Gasteiger partial charge in [-0.1, -0.05) is 0 Å². The van der Waals surface area contributed by atoms with Crippen molar-refractivity contribution in [2.75, 3.05) is 5.75 Å². The highest BCUT2D eigenvalue weighted by Crippen LogP contribution is 2.29. The summed E-state index contributed by atoms with van der Waals surface area (Å²) in [6.45, 7) is 4.04. The lowest BCUT2D eigenvalue weighted by molar-refractivity contribution is 0.565. The number of rotatable bonds is 4. The van der Waals surface area contributed by atoms with E-state index in [4.69, 9.17) is 0 Å². The third kappa shape index (κ3) is 3.44. The molecule has 1 rings (SSSR count). The topological polar surface area (TPSA) is 35.1 Å². The summed E-state index contributed by atoms with van der Waals surface area (Å²) in [6, 6.07) is 0.347. The fourth-order valence-electron chi connectivity index (χ4n) is 0.810. The van der Waals surface area contributed by atoms with E-state index in [1.807, 2.05) is 13.8 Å². The van der Waals surface area contributed by atoms with Gasteiger partial charge in [-0.2, -0.15) is 0 Å². The second-order valence-electron chi connectivity index (χ2n) is 3.23. The van der Waals surface area contributed by atoms with Gasteiger partial charge in [0.2, 0.25) is 0 Å². The van der Waals surface area contributed by atoms with E-state index in [0.717, 1.165) is 11.7 Å². The maximum atomic E-state index is 11.1. The molecule has 0 aromatic carbocycles. The molecule has 0 spiro atoms. The van der Waals surface area contributed by atoms with Gasteiger partial charge in [-0.05, 0) is 26.7 Å². The molecule has 1 atom stereocenters. The molecule has 1 N–H and O–H groups in total. The maximum absolute atomic E-state index is 11.1. The van der Waals surface area contributed by atoms with Crippen molar-refractivity contribution in [1.29, 1.82) is 0 Å². The van der Waals surface area contributed by atoms with E-state index >= 15 is 0 Å². The normalized spacial score (nSPS) is 21.6. The van der Waals surface area contributed by atoms with Crippen LogP contribution in [0.25, 0.3) is 0 Å². The second kappa shape index (κ2) is 3.60. The predicted molar refractivity (Wildman–Crippen MR) is 44.0 cm³/mol. The van der Waals surface area contributed by atoms with E-state index in [1.165, 1.54) is 12.8 Å². The highest BCUT2D eigenvalue weighted by Gasteiger charge is 2.27. The largest absolute Gasteiger partial charge is 0.598 e. The Bertz CT molecular complexity index is 99.8. The highest BCUT2D eigenvalue weighted by atomic mass is 32.2. The van der Waals surface area contributed by atoms with Gasteiger partial charge in [0.15, 0.2) is 0 Å². The van der Waals surface area contributed by atoms with Crippen LogP contribution in [0.15, 0.2) is 0 Å². The van der Waals surface area contributed by atoms with Crippen molar-refractivity contribution in [3.05, 3.63) is 0 Å². The Kier molecular flexibility index (Phi) is 3.01. The first kappa shape index (κ1) is 8.37. The van der Waals surface area contributed by atoms with Gasteiger partial charge in [-0.25, -0.2) is 0 Å². The van der Waals surface area contributed by atoms with Crippen LogP contribution in [0.3, 0.4) is 0 Å². The van der Waals surface area contributed by atoms with Gasteiger partial charge in [0.05, 0.1) is 0 Å². The molecule has 1 aliphatic rings. The lowest BCUT2D eigenvalue weighted by Gasteiger charge is -2.12. The zero-order valence-electron chi connectivity index (χ0n) is 6.59. The predicted octanol–water partition coefficient (Wildman–Crippen LogP) is 1.06. The first-order valence-corrected chi connectivity index (χ1v) is 5.15. The molecule has 0 radical (unpaired) electrons. The van der Waals surface area contributed by atoms with Crippen LogP contribution in [-0.2, 0) is 11.4 Å². The molecule has 0 aromatic heterocycles. The summed E-state index contributed by atoms with van der Waals surface area (Å²) in [5, 5.41) is 0. The summed E-state index contributed by atoms with van der Waals surface area (Å²) < 4.78 is 14.1. The summed E-state index contributed by atoms with van der Waals surface area (Å²) in [5.74, 6) is 1.62. The lowest BCUT2D eigenvalue weighted by Crippen LogP contribution is -2.32. The van der Waals surface area contributed by atoms with Crippen LogP contribution in [0, 0.1) is 5.92 Å². The molecular formula is C7H15NOS. The summed E-state index contributed by atoms with van der Waals surface area (Å²) in [7, 11) is 0. The van der Waals surface area contributed by atoms with Crippen molar-refractivity contribution in [3.63, 3.8) is 0 Å². The van der Waals surface area contributed by atoms with Gasteiger partial charge < -0.3 is 4.55 Å². The van der Waals surface area contributed by atoms with Gasteiger partial charge in [0, 0.05) is 23.3 Å². The quantitative estimate of drug-likeness (QED) is 0.626. The van der Waals surface area contributed by atoms with Gasteiger partial charge in [-0.15, -0.1) is 4.72 Å². The molecule has 0 aromatic rings. The highest BCUT2D eigenvalue weighted by molar-refractivity contribution is 7.89. The molecule has 0 aliphatic heterocycles.